The van der Waals surface area contributed by atoms with E-state index in [2.05, 4.69) is 5.32 Å². The molecule has 1 heterocycles. The summed E-state index contributed by atoms with van der Waals surface area (Å²) in [7, 11) is 0. The normalized spacial score (nSPS) is 17.9. The molecule has 0 aliphatic carbocycles. The summed E-state index contributed by atoms with van der Waals surface area (Å²) in [5, 5.41) is 2.74. The Balaban J connectivity index is 1.70. The van der Waals surface area contributed by atoms with Crippen LogP contribution in [0.1, 0.15) is 37.4 Å². The van der Waals surface area contributed by atoms with Gasteiger partial charge in [0.1, 0.15) is 11.6 Å². The van der Waals surface area contributed by atoms with Gasteiger partial charge in [-0.15, -0.1) is 0 Å². The first-order valence-electron chi connectivity index (χ1n) is 9.04. The molecule has 1 saturated heterocycles. The minimum atomic E-state index is -0.705. The van der Waals surface area contributed by atoms with Crippen LogP contribution in [0.2, 0.25) is 0 Å². The van der Waals surface area contributed by atoms with E-state index in [0.717, 1.165) is 29.8 Å². The molecule has 6 heteroatoms. The Labute approximate surface area is 157 Å². The first-order chi connectivity index (χ1) is 12.9. The molecule has 0 radical (unpaired) electrons. The van der Waals surface area contributed by atoms with Gasteiger partial charge in [0.25, 0.3) is 0 Å². The molecule has 1 aliphatic rings. The molecule has 0 bridgehead atoms. The Bertz CT molecular complexity index is 869. The fraction of sp³-hybridized carbons (Fsp3) is 0.333. The summed E-state index contributed by atoms with van der Waals surface area (Å²) in [6.45, 7) is 3.94. The first-order valence-corrected chi connectivity index (χ1v) is 9.04. The number of amides is 2. The molecule has 1 fully saturated rings. The maximum atomic E-state index is 13.9. The number of rotatable bonds is 5. The van der Waals surface area contributed by atoms with E-state index in [-0.39, 0.29) is 23.8 Å². The maximum absolute atomic E-state index is 13.9. The molecule has 0 saturated carbocycles. The Hall–Kier alpha value is -2.76. The van der Waals surface area contributed by atoms with Gasteiger partial charge in [-0.1, -0.05) is 31.2 Å². The van der Waals surface area contributed by atoms with Gasteiger partial charge in [0.15, 0.2) is 0 Å². The van der Waals surface area contributed by atoms with E-state index >= 15 is 0 Å². The van der Waals surface area contributed by atoms with Crippen LogP contribution in [0.5, 0.6) is 0 Å². The smallest absolute Gasteiger partial charge is 0.227 e. The van der Waals surface area contributed by atoms with Crippen molar-refractivity contribution in [3.63, 3.8) is 0 Å². The summed E-state index contributed by atoms with van der Waals surface area (Å²) >= 11 is 0. The van der Waals surface area contributed by atoms with Crippen molar-refractivity contribution in [3.8, 4) is 0 Å². The average Bonchev–Trinajstić information content (AvgIpc) is 3.03. The van der Waals surface area contributed by atoms with E-state index in [0.29, 0.717) is 6.54 Å². The van der Waals surface area contributed by atoms with Crippen LogP contribution in [0, 0.1) is 17.6 Å². The zero-order valence-electron chi connectivity index (χ0n) is 15.3. The molecule has 142 valence electrons. The number of nitrogens with zero attached hydrogens (tertiary/aromatic N) is 1. The van der Waals surface area contributed by atoms with Gasteiger partial charge >= 0.3 is 0 Å². The van der Waals surface area contributed by atoms with Gasteiger partial charge in [-0.25, -0.2) is 8.78 Å². The van der Waals surface area contributed by atoms with Crippen LogP contribution in [0.3, 0.4) is 0 Å². The van der Waals surface area contributed by atoms with Crippen LogP contribution >= 0.6 is 0 Å². The highest BCUT2D eigenvalue weighted by atomic mass is 19.1. The van der Waals surface area contributed by atoms with Crippen LogP contribution in [-0.4, -0.2) is 18.4 Å². The molecule has 1 N–H and O–H groups in total. The molecule has 1 aliphatic heterocycles. The van der Waals surface area contributed by atoms with E-state index in [1.807, 2.05) is 31.2 Å². The Morgan fingerprint density at radius 2 is 2.00 bits per heavy atom. The summed E-state index contributed by atoms with van der Waals surface area (Å²) in [6.07, 6.45) is 0.903. The number of anilines is 1. The lowest BCUT2D eigenvalue weighted by molar-refractivity contribution is -0.126. The lowest BCUT2D eigenvalue weighted by atomic mass is 10.0. The van der Waals surface area contributed by atoms with Crippen molar-refractivity contribution >= 4 is 17.5 Å². The van der Waals surface area contributed by atoms with Crippen molar-refractivity contribution in [2.24, 2.45) is 5.92 Å². The highest BCUT2D eigenvalue weighted by Gasteiger charge is 2.36. The van der Waals surface area contributed by atoms with Crippen LogP contribution in [0.15, 0.2) is 42.5 Å². The highest BCUT2D eigenvalue weighted by molar-refractivity contribution is 6.00. The SMILES string of the molecule is CCc1ccccc1N1CC(C(=O)NC(C)c2ccc(F)cc2F)CC1=O. The maximum Gasteiger partial charge on any atom is 0.227 e. The predicted molar refractivity (Wildman–Crippen MR) is 99.2 cm³/mol. The molecule has 0 aromatic heterocycles. The van der Waals surface area contributed by atoms with Crippen LogP contribution < -0.4 is 10.2 Å². The van der Waals surface area contributed by atoms with Gasteiger partial charge in [0.05, 0.1) is 12.0 Å². The number of nitrogens with one attached hydrogen (secondary N) is 1. The lowest BCUT2D eigenvalue weighted by Gasteiger charge is -2.21. The van der Waals surface area contributed by atoms with E-state index in [4.69, 9.17) is 0 Å². The number of hydrogen-bond acceptors (Lipinski definition) is 2. The van der Waals surface area contributed by atoms with Crippen molar-refractivity contribution in [2.75, 3.05) is 11.4 Å². The minimum Gasteiger partial charge on any atom is -0.349 e. The van der Waals surface area contributed by atoms with E-state index < -0.39 is 23.6 Å². The Morgan fingerprint density at radius 3 is 2.70 bits per heavy atom. The third-order valence-electron chi connectivity index (χ3n) is 4.95. The van der Waals surface area contributed by atoms with Gasteiger partial charge in [-0.05, 0) is 31.0 Å². The first kappa shape index (κ1) is 19.0. The van der Waals surface area contributed by atoms with Gasteiger partial charge in [0.2, 0.25) is 11.8 Å². The third-order valence-corrected chi connectivity index (χ3v) is 4.95. The van der Waals surface area contributed by atoms with Crippen LogP contribution in [0.25, 0.3) is 0 Å². The fourth-order valence-electron chi connectivity index (χ4n) is 3.45. The predicted octanol–water partition coefficient (Wildman–Crippen LogP) is 3.76. The second-order valence-electron chi connectivity index (χ2n) is 6.78. The lowest BCUT2D eigenvalue weighted by Crippen LogP contribution is -2.35. The number of hydrogen-bond donors (Lipinski definition) is 1. The largest absolute Gasteiger partial charge is 0.349 e. The van der Waals surface area contributed by atoms with Crippen LogP contribution in [-0.2, 0) is 16.0 Å². The minimum absolute atomic E-state index is 0.100. The summed E-state index contributed by atoms with van der Waals surface area (Å²) in [6, 6.07) is 10.3. The number of carbonyl (C=O) groups excluding carboxylic acids is 2. The molecule has 2 atom stereocenters. The van der Waals surface area contributed by atoms with E-state index in [1.165, 1.54) is 6.07 Å². The van der Waals surface area contributed by atoms with Gasteiger partial charge < -0.3 is 10.2 Å². The standard InChI is InChI=1S/C21H22F2N2O2/c1-3-14-6-4-5-7-19(14)25-12-15(10-20(25)26)21(27)24-13(2)17-9-8-16(22)11-18(17)23/h4-9,11,13,15H,3,10,12H2,1-2H3,(H,24,27). The molecule has 27 heavy (non-hydrogen) atoms. The molecule has 4 nitrogen and oxygen atoms in total. The monoisotopic (exact) mass is 372 g/mol. The molecule has 0 spiro atoms. The number of benzene rings is 2. The summed E-state index contributed by atoms with van der Waals surface area (Å²) < 4.78 is 27.0. The zero-order valence-corrected chi connectivity index (χ0v) is 15.3. The van der Waals surface area contributed by atoms with Crippen molar-refractivity contribution in [2.45, 2.75) is 32.7 Å². The third kappa shape index (κ3) is 3.99. The number of halogens is 2. The number of aryl methyl sites for hydroxylation is 1. The summed E-state index contributed by atoms with van der Waals surface area (Å²) in [5.41, 5.74) is 2.09. The molecule has 2 aromatic carbocycles. The van der Waals surface area contributed by atoms with Gasteiger partial charge in [-0.3, -0.25) is 9.59 Å². The van der Waals surface area contributed by atoms with Gasteiger partial charge in [0, 0.05) is 30.3 Å². The second-order valence-corrected chi connectivity index (χ2v) is 6.78. The van der Waals surface area contributed by atoms with Crippen LogP contribution in [0.4, 0.5) is 14.5 Å². The van der Waals surface area contributed by atoms with Crippen molar-refractivity contribution < 1.29 is 18.4 Å². The number of para-hydroxylation sites is 1. The summed E-state index contributed by atoms with van der Waals surface area (Å²) in [5.74, 6) is -2.29. The Morgan fingerprint density at radius 1 is 1.26 bits per heavy atom. The quantitative estimate of drug-likeness (QED) is 0.869. The second kappa shape index (κ2) is 7.86. The van der Waals surface area contributed by atoms with E-state index in [9.17, 15) is 18.4 Å². The zero-order chi connectivity index (χ0) is 19.6. The average molecular weight is 372 g/mol. The molecular formula is C21H22F2N2O2. The molecule has 2 aromatic rings. The van der Waals surface area contributed by atoms with Gasteiger partial charge in [-0.2, -0.15) is 0 Å². The van der Waals surface area contributed by atoms with Crippen molar-refractivity contribution in [1.82, 2.24) is 5.32 Å². The van der Waals surface area contributed by atoms with Crippen molar-refractivity contribution in [1.29, 1.82) is 0 Å². The molecule has 2 unspecified atom stereocenters. The fourth-order valence-corrected chi connectivity index (χ4v) is 3.45. The molecule has 3 rings (SSSR count). The van der Waals surface area contributed by atoms with Crippen molar-refractivity contribution in [3.05, 3.63) is 65.2 Å². The molecular weight excluding hydrogens is 350 g/mol. The Kier molecular flexibility index (Phi) is 5.54. The number of carbonyl (C=O) groups is 2. The highest BCUT2D eigenvalue weighted by Crippen LogP contribution is 2.29. The topological polar surface area (TPSA) is 49.4 Å². The summed E-state index contributed by atoms with van der Waals surface area (Å²) in [4.78, 5) is 26.7. The van der Waals surface area contributed by atoms with E-state index in [1.54, 1.807) is 11.8 Å². The molecule has 2 amide bonds.